The van der Waals surface area contributed by atoms with Crippen LogP contribution in [-0.2, 0) is 17.4 Å². The molecule has 1 heterocycles. The molecule has 0 aliphatic carbocycles. The van der Waals surface area contributed by atoms with Gasteiger partial charge in [-0.15, -0.1) is 0 Å². The summed E-state index contributed by atoms with van der Waals surface area (Å²) in [5.74, 6) is -0.386. The first kappa shape index (κ1) is 20.5. The van der Waals surface area contributed by atoms with Gasteiger partial charge >= 0.3 is 6.18 Å². The summed E-state index contributed by atoms with van der Waals surface area (Å²) >= 11 is 6.09. The summed E-state index contributed by atoms with van der Waals surface area (Å²) in [5, 5.41) is 3.30. The Morgan fingerprint density at radius 2 is 1.89 bits per heavy atom. The van der Waals surface area contributed by atoms with Crippen molar-refractivity contribution in [2.45, 2.75) is 12.6 Å². The Balaban J connectivity index is 1.74. The van der Waals surface area contributed by atoms with Crippen molar-refractivity contribution >= 4 is 28.9 Å². The fourth-order valence-corrected chi connectivity index (χ4v) is 3.42. The van der Waals surface area contributed by atoms with Crippen molar-refractivity contribution in [3.63, 3.8) is 0 Å². The Bertz CT molecular complexity index is 849. The van der Waals surface area contributed by atoms with Crippen molar-refractivity contribution in [1.82, 2.24) is 0 Å². The number of alkyl halides is 3. The molecule has 1 aliphatic heterocycles. The largest absolute Gasteiger partial charge is 0.416 e. The third-order valence-electron chi connectivity index (χ3n) is 4.81. The van der Waals surface area contributed by atoms with Crippen molar-refractivity contribution < 1.29 is 22.9 Å². The molecule has 4 nitrogen and oxygen atoms in total. The zero-order valence-corrected chi connectivity index (χ0v) is 16.2. The topological polar surface area (TPSA) is 36.8 Å². The summed E-state index contributed by atoms with van der Waals surface area (Å²) in [6, 6.07) is 10.1. The molecule has 2 aromatic rings. The van der Waals surface area contributed by atoms with Gasteiger partial charge in [0, 0.05) is 5.02 Å². The number of benzene rings is 2. The quantitative estimate of drug-likeness (QED) is 0.810. The van der Waals surface area contributed by atoms with Crippen LogP contribution in [0.25, 0.3) is 0 Å². The van der Waals surface area contributed by atoms with Gasteiger partial charge in [0.05, 0.1) is 56.6 Å². The minimum Gasteiger partial charge on any atom is -0.359 e. The Morgan fingerprint density at radius 1 is 1.18 bits per heavy atom. The van der Waals surface area contributed by atoms with Gasteiger partial charge in [-0.1, -0.05) is 29.8 Å². The maximum Gasteiger partial charge on any atom is 0.416 e. The van der Waals surface area contributed by atoms with Crippen molar-refractivity contribution in [2.75, 3.05) is 43.4 Å². The second kappa shape index (κ2) is 8.41. The second-order valence-electron chi connectivity index (χ2n) is 7.03. The molecule has 28 heavy (non-hydrogen) atoms. The molecule has 2 N–H and O–H groups in total. The first-order chi connectivity index (χ1) is 13.2. The Morgan fingerprint density at radius 3 is 2.57 bits per heavy atom. The van der Waals surface area contributed by atoms with E-state index < -0.39 is 11.7 Å². The highest BCUT2D eigenvalue weighted by molar-refractivity contribution is 6.31. The molecule has 1 amide bonds. The summed E-state index contributed by atoms with van der Waals surface area (Å²) in [7, 11) is 2.14. The first-order valence-electron chi connectivity index (χ1n) is 9.04. The summed E-state index contributed by atoms with van der Waals surface area (Å²) in [6.07, 6.45) is -4.58. The molecule has 0 bridgehead atoms. The van der Waals surface area contributed by atoms with Crippen LogP contribution in [0.2, 0.25) is 5.02 Å². The summed E-state index contributed by atoms with van der Waals surface area (Å²) < 4.78 is 38.6. The van der Waals surface area contributed by atoms with E-state index in [1.807, 2.05) is 6.07 Å². The molecule has 0 aromatic heterocycles. The van der Waals surface area contributed by atoms with Gasteiger partial charge < -0.3 is 15.1 Å². The number of anilines is 2. The Labute approximate surface area is 166 Å². The lowest BCUT2D eigenvalue weighted by atomic mass is 10.1. The highest BCUT2D eigenvalue weighted by Gasteiger charge is 2.30. The molecule has 0 atom stereocenters. The number of halogens is 4. The van der Waals surface area contributed by atoms with Crippen LogP contribution in [0.1, 0.15) is 11.1 Å². The van der Waals surface area contributed by atoms with Gasteiger partial charge in [-0.05, 0) is 29.8 Å². The van der Waals surface area contributed by atoms with E-state index in [2.05, 4.69) is 17.3 Å². The van der Waals surface area contributed by atoms with Gasteiger partial charge in [0.2, 0.25) is 5.91 Å². The first-order valence-corrected chi connectivity index (χ1v) is 9.42. The van der Waals surface area contributed by atoms with Crippen molar-refractivity contribution in [3.8, 4) is 0 Å². The number of piperazine rings is 1. The van der Waals surface area contributed by atoms with Gasteiger partial charge in [0.15, 0.2) is 0 Å². The Kier molecular flexibility index (Phi) is 6.15. The highest BCUT2D eigenvalue weighted by Crippen LogP contribution is 2.31. The predicted octanol–water partition coefficient (Wildman–Crippen LogP) is 2.87. The molecule has 8 heteroatoms. The van der Waals surface area contributed by atoms with Crippen molar-refractivity contribution in [3.05, 3.63) is 58.6 Å². The van der Waals surface area contributed by atoms with Crippen LogP contribution in [0.5, 0.6) is 0 Å². The lowest BCUT2D eigenvalue weighted by Gasteiger charge is -2.33. The zero-order valence-electron chi connectivity index (χ0n) is 15.4. The summed E-state index contributed by atoms with van der Waals surface area (Å²) in [6.45, 7) is 3.68. The molecular weight excluding hydrogens is 391 g/mol. The third-order valence-corrected chi connectivity index (χ3v) is 5.04. The number of hydrogen-bond donors (Lipinski definition) is 2. The van der Waals surface area contributed by atoms with Crippen molar-refractivity contribution in [1.29, 1.82) is 0 Å². The smallest absolute Gasteiger partial charge is 0.359 e. The SMILES string of the molecule is C[NH+]1CCN(c2ccc(Cl)cc2NC(=O)Cc2cccc(C(F)(F)F)c2)CC1. The van der Waals surface area contributed by atoms with Crippen molar-refractivity contribution in [2.24, 2.45) is 0 Å². The molecule has 2 aromatic carbocycles. The average molecular weight is 413 g/mol. The van der Waals surface area contributed by atoms with E-state index in [4.69, 9.17) is 11.6 Å². The standard InChI is InChI=1S/C20H21ClF3N3O/c1-26-7-9-27(10-8-26)18-6-5-16(21)13-17(18)25-19(28)12-14-3-2-4-15(11-14)20(22,23)24/h2-6,11,13H,7-10,12H2,1H3,(H,25,28)/p+1. The number of likely N-dealkylation sites (N-methyl/N-ethyl adjacent to an activating group) is 1. The van der Waals surface area contributed by atoms with E-state index in [1.165, 1.54) is 17.0 Å². The van der Waals surface area contributed by atoms with Crippen LogP contribution < -0.4 is 15.1 Å². The van der Waals surface area contributed by atoms with Crippen LogP contribution in [-0.4, -0.2) is 39.1 Å². The lowest BCUT2D eigenvalue weighted by Crippen LogP contribution is -3.12. The summed E-state index contributed by atoms with van der Waals surface area (Å²) in [5.41, 5.74) is 0.985. The molecule has 1 aliphatic rings. The number of nitrogens with one attached hydrogen (secondary N) is 2. The third kappa shape index (κ3) is 5.17. The van der Waals surface area contributed by atoms with E-state index in [-0.39, 0.29) is 12.3 Å². The van der Waals surface area contributed by atoms with E-state index in [9.17, 15) is 18.0 Å². The molecule has 0 saturated carbocycles. The maximum atomic E-state index is 12.9. The molecule has 3 rings (SSSR count). The number of nitrogens with zero attached hydrogens (tertiary/aromatic N) is 1. The number of rotatable bonds is 4. The summed E-state index contributed by atoms with van der Waals surface area (Å²) in [4.78, 5) is 16.1. The number of hydrogen-bond acceptors (Lipinski definition) is 2. The zero-order chi connectivity index (χ0) is 20.3. The van der Waals surface area contributed by atoms with Gasteiger partial charge in [0.25, 0.3) is 0 Å². The maximum absolute atomic E-state index is 12.9. The molecular formula is C20H22ClF3N3O+. The fourth-order valence-electron chi connectivity index (χ4n) is 3.25. The van der Waals surface area contributed by atoms with Crippen LogP contribution in [0.4, 0.5) is 24.5 Å². The molecule has 1 fully saturated rings. The van der Waals surface area contributed by atoms with E-state index >= 15 is 0 Å². The highest BCUT2D eigenvalue weighted by atomic mass is 35.5. The molecule has 0 radical (unpaired) electrons. The molecule has 0 unspecified atom stereocenters. The number of carbonyl (C=O) groups is 1. The minimum absolute atomic E-state index is 0.150. The number of quaternary nitrogens is 1. The normalized spacial score (nSPS) is 15.5. The minimum atomic E-state index is -4.43. The van der Waals surface area contributed by atoms with E-state index in [1.54, 1.807) is 12.1 Å². The molecule has 0 spiro atoms. The van der Waals surface area contributed by atoms with Gasteiger partial charge in [-0.2, -0.15) is 13.2 Å². The number of carbonyl (C=O) groups excluding carboxylic acids is 1. The van der Waals surface area contributed by atoms with E-state index in [0.29, 0.717) is 16.3 Å². The predicted molar refractivity (Wildman–Crippen MR) is 104 cm³/mol. The molecule has 1 saturated heterocycles. The van der Waals surface area contributed by atoms with Crippen LogP contribution in [0, 0.1) is 0 Å². The monoisotopic (exact) mass is 412 g/mol. The fraction of sp³-hybridized carbons (Fsp3) is 0.350. The van der Waals surface area contributed by atoms with Gasteiger partial charge in [0.1, 0.15) is 0 Å². The molecule has 150 valence electrons. The Hall–Kier alpha value is -2.25. The van der Waals surface area contributed by atoms with Gasteiger partial charge in [-0.25, -0.2) is 0 Å². The van der Waals surface area contributed by atoms with Crippen LogP contribution in [0.15, 0.2) is 42.5 Å². The van der Waals surface area contributed by atoms with Gasteiger partial charge in [-0.3, -0.25) is 4.79 Å². The lowest BCUT2D eigenvalue weighted by molar-refractivity contribution is -0.880. The van der Waals surface area contributed by atoms with Crippen LogP contribution >= 0.6 is 11.6 Å². The number of amides is 1. The van der Waals surface area contributed by atoms with Crippen LogP contribution in [0.3, 0.4) is 0 Å². The second-order valence-corrected chi connectivity index (χ2v) is 7.47. The van der Waals surface area contributed by atoms with E-state index in [0.717, 1.165) is 44.0 Å². The average Bonchev–Trinajstić information content (AvgIpc) is 2.62.